The minimum Gasteiger partial charge on any atom is -0.479 e. The van der Waals surface area contributed by atoms with E-state index in [2.05, 4.69) is 81.2 Å². The van der Waals surface area contributed by atoms with E-state index in [0.717, 1.165) is 68.6 Å². The van der Waals surface area contributed by atoms with Crippen LogP contribution in [-0.2, 0) is 65.6 Å². The number of aliphatic carboxylic acids is 1. The zero-order valence-electron chi connectivity index (χ0n) is 76.8. The third-order valence-electron chi connectivity index (χ3n) is 23.4. The van der Waals surface area contributed by atoms with Crippen molar-refractivity contribution in [2.45, 2.75) is 112 Å². The van der Waals surface area contributed by atoms with Crippen LogP contribution in [0.3, 0.4) is 0 Å². The first-order chi connectivity index (χ1) is 68.2. The summed E-state index contributed by atoms with van der Waals surface area (Å²) >= 11 is 29.4. The first-order valence-electron chi connectivity index (χ1n) is 44.7. The van der Waals surface area contributed by atoms with E-state index in [0.29, 0.717) is 115 Å². The number of esters is 1. The van der Waals surface area contributed by atoms with Crippen LogP contribution < -0.4 is 26.6 Å². The van der Waals surface area contributed by atoms with Crippen molar-refractivity contribution in [2.75, 3.05) is 54.5 Å². The van der Waals surface area contributed by atoms with Crippen LogP contribution >= 0.6 is 58.0 Å². The molecule has 15 aromatic rings. The van der Waals surface area contributed by atoms with Crippen molar-refractivity contribution in [3.63, 3.8) is 0 Å². The number of aromatic amines is 5. The van der Waals surface area contributed by atoms with Crippen molar-refractivity contribution in [1.29, 1.82) is 0 Å². The van der Waals surface area contributed by atoms with Crippen molar-refractivity contribution < 1.29 is 87.3 Å². The van der Waals surface area contributed by atoms with Crippen LogP contribution in [0.1, 0.15) is 99.5 Å². The lowest BCUT2D eigenvalue weighted by molar-refractivity contribution is -0.152. The summed E-state index contributed by atoms with van der Waals surface area (Å²) in [4.78, 5) is 164. The molecule has 0 saturated carbocycles. The Labute approximate surface area is 836 Å². The number of amides is 8. The molecule has 738 valence electrons. The molecule has 8 amide bonds. The largest absolute Gasteiger partial charge is 0.479 e. The van der Waals surface area contributed by atoms with E-state index >= 15 is 0 Å². The van der Waals surface area contributed by atoms with Gasteiger partial charge < -0.3 is 101 Å². The molecule has 2 fully saturated rings. The molecule has 17 rings (SSSR count). The van der Waals surface area contributed by atoms with Crippen molar-refractivity contribution in [3.05, 3.63) is 325 Å². The fourth-order valence-corrected chi connectivity index (χ4v) is 16.7. The number of hydrogen-bond donors (Lipinski definition) is 15. The number of likely N-dealkylation sites (N-methyl/N-ethyl adjacent to an activating group) is 1. The molecule has 41 heteroatoms. The molecule has 142 heavy (non-hydrogen) atoms. The quantitative estimate of drug-likeness (QED) is 0.0147. The summed E-state index contributed by atoms with van der Waals surface area (Å²) in [5.74, 6) is -5.85. The van der Waals surface area contributed by atoms with E-state index in [4.69, 9.17) is 67.8 Å². The highest BCUT2D eigenvalue weighted by molar-refractivity contribution is 6.31. The number of ether oxygens (including phenoxy) is 2. The number of aliphatic hydroxyl groups excluding tert-OH is 4. The van der Waals surface area contributed by atoms with Crippen LogP contribution in [0.2, 0.25) is 25.8 Å². The van der Waals surface area contributed by atoms with E-state index in [-0.39, 0.29) is 54.4 Å². The molecule has 2 aliphatic heterocycles. The second-order valence-electron chi connectivity index (χ2n) is 33.7. The number of likely N-dealkylation sites (tertiary alicyclic amines) is 2. The number of carboxylic acids is 1. The molecule has 0 aliphatic carbocycles. The number of methoxy groups -OCH3 is 2. The molecule has 0 radical (unpaired) electrons. The number of pyridine rings is 5. The van der Waals surface area contributed by atoms with Gasteiger partial charge in [0.05, 0.1) is 95.9 Å². The Morgan fingerprint density at radius 2 is 0.697 bits per heavy atom. The van der Waals surface area contributed by atoms with E-state index in [1.165, 1.54) is 36.5 Å². The van der Waals surface area contributed by atoms with E-state index in [9.17, 15) is 72.8 Å². The minimum absolute atomic E-state index is 0.0166. The molecular weight excluding hydrogens is 1930 g/mol. The normalized spacial score (nSPS) is 14.6. The molecule has 10 atom stereocenters. The maximum atomic E-state index is 13.3. The Morgan fingerprint density at radius 1 is 0.394 bits per heavy atom. The van der Waals surface area contributed by atoms with Gasteiger partial charge in [-0.2, -0.15) is 0 Å². The van der Waals surface area contributed by atoms with Crippen molar-refractivity contribution >= 4 is 172 Å². The lowest BCUT2D eigenvalue weighted by Gasteiger charge is -2.27. The number of halogens is 6. The first kappa shape index (κ1) is 105. The standard InChI is InChI=1S/C22H22ClFN4O3.C22H23ClN4O3.C20H21ClN4O3.C19H18ClN3O4.C18H16ClN3O4/c1-31-16-6-7-28(12-16)22(30)18(8-13-2-4-15(24)5-3-13)27-21(29)17-9-14-10-20(23)25-11-19(14)26-17;23-19-12-15-11-17(25-18(15)13-24-19)21(29)26-16(10-14-6-2-1-3-7-14)20(28)22(30)27-8-4-5-9-27;1-25(2)20(28)18(26)14(8-12-6-4-3-5-7-12)24-19(27)15-9-13-10-17(21)22-11-16(13)23-15;1-27-19(26)17(24)13(7-11-5-3-2-4-6-11)23-18(25)14-8-12-9-16(20)21-10-15(12)22-14;19-15-8-11-7-13(21-14(11)9-20-15)17(24)22-12(16(23)18(25)26)6-10-4-2-1-3-5-10/h2-5,9-11,16,18,26H,6-8,12H2,1H3,(H,27,29);1-3,6-7,11-13,16,20,25,28H,4-5,8-10H2,(H,26,29);3-7,9-11,14,18,23,26H,8H2,1-2H3,(H,24,27);2-6,8-10,13,17,22,24H,7H2,1H3,(H,23,25);1-5,7-9,12,16,21,23H,6H2,(H,22,24)(H,25,26)/t16-,18-;16-,20-;14-,18-;13?,17-;12?,16-/m00000/s1. The topological polar surface area (TPSA) is 504 Å². The van der Waals surface area contributed by atoms with Crippen LogP contribution in [0.15, 0.2) is 237 Å². The minimum atomic E-state index is -1.74. The number of benzene rings is 5. The SMILES string of the molecule is CN(C)C(=O)[C@@H](O)[C@H](Cc1ccccc1)NC(=O)c1cc2cc(Cl)ncc2[nH]1.COC(=O)[C@@H](O)C(Cc1ccccc1)NC(=O)c1cc2cc(Cl)ncc2[nH]1.CO[C@H]1CCN(C(=O)[C@H](Cc2ccc(F)cc2)NC(=O)c2cc3cc(Cl)ncc3[nH]2)C1.O=C(NC(Cc1ccccc1)[C@H](O)C(=O)O)c1cc2cc(Cl)ncc2[nH]1.O=C(N[C@@H](Cc1ccccc1)[C@H](O)C(=O)N1CCCC1)c1cc2cc(Cl)ncc2[nH]1. The summed E-state index contributed by atoms with van der Waals surface area (Å²) in [6.45, 7) is 2.31. The number of aromatic nitrogens is 10. The lowest BCUT2D eigenvalue weighted by atomic mass is 10.00. The van der Waals surface area contributed by atoms with Gasteiger partial charge in [-0.25, -0.2) is 38.9 Å². The van der Waals surface area contributed by atoms with Gasteiger partial charge in [-0.1, -0.05) is 191 Å². The smallest absolute Gasteiger partial charge is 0.336 e. The first-order valence-corrected chi connectivity index (χ1v) is 46.6. The van der Waals surface area contributed by atoms with Gasteiger partial charge in [0.2, 0.25) is 5.91 Å². The molecular formula is C101H100Cl5FN18O17. The summed E-state index contributed by atoms with van der Waals surface area (Å²) < 4.78 is 23.3. The molecule has 0 spiro atoms. The zero-order chi connectivity index (χ0) is 101. The average Bonchev–Trinajstić information content (AvgIpc) is 1.69. The average molecular weight is 2030 g/mol. The summed E-state index contributed by atoms with van der Waals surface area (Å²) in [5.41, 5.74) is 8.89. The molecule has 5 aromatic carbocycles. The van der Waals surface area contributed by atoms with Gasteiger partial charge in [-0.3, -0.25) is 38.4 Å². The molecule has 0 bridgehead atoms. The zero-order valence-corrected chi connectivity index (χ0v) is 80.5. The Kier molecular flexibility index (Phi) is 36.5. The van der Waals surface area contributed by atoms with E-state index in [1.54, 1.807) is 147 Å². The molecule has 10 aromatic heterocycles. The fourth-order valence-electron chi connectivity index (χ4n) is 15.9. The van der Waals surface area contributed by atoms with Crippen molar-refractivity contribution in [2.24, 2.45) is 0 Å². The van der Waals surface area contributed by atoms with Crippen molar-refractivity contribution in [3.8, 4) is 0 Å². The number of fused-ring (bicyclic) bond motifs is 5. The van der Waals surface area contributed by atoms with Gasteiger partial charge in [0.25, 0.3) is 41.4 Å². The second kappa shape index (κ2) is 49.5. The highest BCUT2D eigenvalue weighted by Gasteiger charge is 2.37. The van der Waals surface area contributed by atoms with Gasteiger partial charge in [0.1, 0.15) is 66.1 Å². The van der Waals surface area contributed by atoms with Crippen LogP contribution in [-0.4, -0.2) is 264 Å². The Hall–Kier alpha value is -14.6. The lowest BCUT2D eigenvalue weighted by Crippen LogP contribution is -2.52. The number of rotatable bonds is 30. The number of nitrogens with zero attached hydrogens (tertiary/aromatic N) is 8. The van der Waals surface area contributed by atoms with Gasteiger partial charge in [0.15, 0.2) is 24.4 Å². The van der Waals surface area contributed by atoms with Gasteiger partial charge in [-0.05, 0) is 146 Å². The summed E-state index contributed by atoms with van der Waals surface area (Å²) in [5, 5.41) is 69.7. The number of carbonyl (C=O) groups excluding carboxylic acids is 9. The second-order valence-corrected chi connectivity index (χ2v) is 35.6. The van der Waals surface area contributed by atoms with Crippen LogP contribution in [0, 0.1) is 5.82 Å². The third-order valence-corrected chi connectivity index (χ3v) is 24.4. The maximum Gasteiger partial charge on any atom is 0.336 e. The number of H-pyrrole nitrogens is 5. The van der Waals surface area contributed by atoms with Gasteiger partial charge in [0, 0.05) is 80.7 Å². The number of carboxylic acid groups (broad SMARTS) is 1. The molecule has 2 saturated heterocycles. The maximum absolute atomic E-state index is 13.3. The predicted molar refractivity (Wildman–Crippen MR) is 533 cm³/mol. The number of carbonyl (C=O) groups is 10. The monoisotopic (exact) mass is 2030 g/mol. The molecule has 35 nitrogen and oxygen atoms in total. The summed E-state index contributed by atoms with van der Waals surface area (Å²) in [7, 11) is 5.91. The molecule has 15 N–H and O–H groups in total. The fraction of sp³-hybridized carbons (Fsp3) is 0.257. The van der Waals surface area contributed by atoms with E-state index in [1.807, 2.05) is 97.1 Å². The number of nitrogens with one attached hydrogen (secondary N) is 10. The molecule has 2 unspecified atom stereocenters. The van der Waals surface area contributed by atoms with Gasteiger partial charge in [-0.15, -0.1) is 0 Å². The molecule has 12 heterocycles. The Bertz CT molecular complexity index is 6940. The number of hydrogen-bond acceptors (Lipinski definition) is 21. The van der Waals surface area contributed by atoms with Crippen LogP contribution in [0.4, 0.5) is 4.39 Å². The predicted octanol–water partition coefficient (Wildman–Crippen LogP) is 11.6. The Morgan fingerprint density at radius 3 is 1.00 bits per heavy atom. The highest BCUT2D eigenvalue weighted by Crippen LogP contribution is 2.27. The van der Waals surface area contributed by atoms with Crippen LogP contribution in [0.25, 0.3) is 54.5 Å². The Balaban J connectivity index is 0.000000149. The van der Waals surface area contributed by atoms with Crippen molar-refractivity contribution in [1.82, 2.24) is 91.1 Å². The summed E-state index contributed by atoms with van der Waals surface area (Å²) in [6, 6.07) is 55.2. The third kappa shape index (κ3) is 28.6. The van der Waals surface area contributed by atoms with E-state index < -0.39 is 102 Å². The number of aliphatic hydroxyl groups is 4. The van der Waals surface area contributed by atoms with Crippen LogP contribution in [0.5, 0.6) is 0 Å². The summed E-state index contributed by atoms with van der Waals surface area (Å²) in [6.07, 6.45) is 5.64. The molecule has 2 aliphatic rings. The van der Waals surface area contributed by atoms with Gasteiger partial charge >= 0.3 is 11.9 Å². The highest BCUT2D eigenvalue weighted by atomic mass is 35.5.